The van der Waals surface area contributed by atoms with Gasteiger partial charge in [0, 0.05) is 19.3 Å². The Balaban J connectivity index is 2.21. The highest BCUT2D eigenvalue weighted by atomic mass is 15.1. The molecule has 102 valence electrons. The zero-order valence-corrected chi connectivity index (χ0v) is 11.7. The second-order valence-electron chi connectivity index (χ2n) is 4.75. The fourth-order valence-corrected chi connectivity index (χ4v) is 2.33. The summed E-state index contributed by atoms with van der Waals surface area (Å²) in [5.41, 5.74) is 10.5. The third-order valence-corrected chi connectivity index (χ3v) is 3.37. The molecule has 5 heteroatoms. The number of nitrogens with two attached hydrogens (primary N) is 1. The first-order valence-electron chi connectivity index (χ1n) is 6.71. The second-order valence-corrected chi connectivity index (χ2v) is 4.75. The molecular weight excluding hydrogens is 250 g/mol. The van der Waals surface area contributed by atoms with Gasteiger partial charge in [-0.3, -0.25) is 4.98 Å². The Kier molecular flexibility index (Phi) is 3.20. The van der Waals surface area contributed by atoms with Crippen LogP contribution in [0.4, 0.5) is 0 Å². The molecule has 0 amide bonds. The van der Waals surface area contributed by atoms with E-state index in [0.717, 1.165) is 40.4 Å². The van der Waals surface area contributed by atoms with E-state index in [1.807, 2.05) is 19.1 Å². The summed E-state index contributed by atoms with van der Waals surface area (Å²) in [4.78, 5) is 13.4. The molecule has 5 nitrogen and oxygen atoms in total. The van der Waals surface area contributed by atoms with Gasteiger partial charge in [-0.1, -0.05) is 6.07 Å². The maximum absolute atomic E-state index is 5.69. The summed E-state index contributed by atoms with van der Waals surface area (Å²) in [6.07, 6.45) is 3.53. The molecule has 0 saturated carbocycles. The molecule has 0 saturated heterocycles. The highest BCUT2D eigenvalue weighted by Crippen LogP contribution is 2.24. The predicted molar refractivity (Wildman–Crippen MR) is 79.1 cm³/mol. The average Bonchev–Trinajstić information content (AvgIpc) is 2.85. The van der Waals surface area contributed by atoms with Gasteiger partial charge in [0.25, 0.3) is 0 Å². The molecule has 0 aliphatic carbocycles. The molecular formula is C15H17N5. The smallest absolute Gasteiger partial charge is 0.161 e. The van der Waals surface area contributed by atoms with Crippen LogP contribution in [0.2, 0.25) is 0 Å². The Hall–Kier alpha value is -2.27. The number of benzene rings is 1. The van der Waals surface area contributed by atoms with Gasteiger partial charge in [-0.25, -0.2) is 9.97 Å². The minimum absolute atomic E-state index is 0.522. The fraction of sp³-hybridized carbons (Fsp3) is 0.267. The van der Waals surface area contributed by atoms with Crippen molar-refractivity contribution in [3.63, 3.8) is 0 Å². The van der Waals surface area contributed by atoms with Crippen molar-refractivity contribution >= 4 is 11.0 Å². The minimum atomic E-state index is 0.522. The van der Waals surface area contributed by atoms with Crippen molar-refractivity contribution in [2.24, 2.45) is 5.73 Å². The first-order chi connectivity index (χ1) is 9.72. The number of hydrogen-bond acceptors (Lipinski definition) is 4. The molecule has 0 aliphatic rings. The molecule has 0 unspecified atom stereocenters. The van der Waals surface area contributed by atoms with E-state index in [4.69, 9.17) is 10.7 Å². The van der Waals surface area contributed by atoms with Crippen LogP contribution in [-0.2, 0) is 13.1 Å². The van der Waals surface area contributed by atoms with E-state index >= 15 is 0 Å². The number of hydrogen-bond donors (Lipinski definition) is 1. The first-order valence-corrected chi connectivity index (χ1v) is 6.71. The van der Waals surface area contributed by atoms with Gasteiger partial charge in [0.1, 0.15) is 5.69 Å². The van der Waals surface area contributed by atoms with Crippen molar-refractivity contribution in [1.82, 2.24) is 19.5 Å². The third kappa shape index (κ3) is 2.06. The van der Waals surface area contributed by atoms with Gasteiger partial charge in [-0.15, -0.1) is 0 Å². The van der Waals surface area contributed by atoms with Crippen LogP contribution in [0, 0.1) is 6.92 Å². The van der Waals surface area contributed by atoms with E-state index in [-0.39, 0.29) is 0 Å². The van der Waals surface area contributed by atoms with Crippen molar-refractivity contribution in [3.8, 4) is 11.5 Å². The topological polar surface area (TPSA) is 69.6 Å². The molecule has 20 heavy (non-hydrogen) atoms. The van der Waals surface area contributed by atoms with Crippen LogP contribution in [-0.4, -0.2) is 19.5 Å². The Labute approximate surface area is 117 Å². The summed E-state index contributed by atoms with van der Waals surface area (Å²) < 4.78 is 2.15. The van der Waals surface area contributed by atoms with Crippen molar-refractivity contribution < 1.29 is 0 Å². The SMILES string of the molecule is CCn1c(-c2cnc(C)cn2)nc2cc(CN)ccc21. The lowest BCUT2D eigenvalue weighted by atomic mass is 10.2. The maximum Gasteiger partial charge on any atom is 0.161 e. The zero-order chi connectivity index (χ0) is 14.1. The Bertz CT molecular complexity index is 743. The number of rotatable bonds is 3. The molecule has 0 atom stereocenters. The quantitative estimate of drug-likeness (QED) is 0.790. The van der Waals surface area contributed by atoms with Crippen molar-refractivity contribution in [3.05, 3.63) is 41.9 Å². The van der Waals surface area contributed by atoms with Crippen LogP contribution < -0.4 is 5.73 Å². The van der Waals surface area contributed by atoms with Crippen LogP contribution in [0.5, 0.6) is 0 Å². The van der Waals surface area contributed by atoms with Crippen LogP contribution in [0.15, 0.2) is 30.6 Å². The van der Waals surface area contributed by atoms with E-state index in [1.165, 1.54) is 0 Å². The van der Waals surface area contributed by atoms with Crippen molar-refractivity contribution in [1.29, 1.82) is 0 Å². The molecule has 3 rings (SSSR count). The minimum Gasteiger partial charge on any atom is -0.326 e. The summed E-state index contributed by atoms with van der Waals surface area (Å²) in [6, 6.07) is 6.15. The maximum atomic E-state index is 5.69. The molecule has 1 aromatic carbocycles. The van der Waals surface area contributed by atoms with E-state index in [9.17, 15) is 0 Å². The van der Waals surface area contributed by atoms with Crippen molar-refractivity contribution in [2.75, 3.05) is 0 Å². The molecule has 0 aliphatic heterocycles. The predicted octanol–water partition coefficient (Wildman–Crippen LogP) is 2.28. The van der Waals surface area contributed by atoms with E-state index < -0.39 is 0 Å². The van der Waals surface area contributed by atoms with Crippen LogP contribution >= 0.6 is 0 Å². The standard InChI is InChI=1S/C15H17N5/c1-3-20-14-5-4-11(7-16)6-12(14)19-15(20)13-9-17-10(2)8-18-13/h4-6,8-9H,3,7,16H2,1-2H3. The van der Waals surface area contributed by atoms with E-state index in [1.54, 1.807) is 12.4 Å². The fourth-order valence-electron chi connectivity index (χ4n) is 2.33. The summed E-state index contributed by atoms with van der Waals surface area (Å²) in [7, 11) is 0. The lowest BCUT2D eigenvalue weighted by molar-refractivity contribution is 0.792. The second kappa shape index (κ2) is 5.02. The highest BCUT2D eigenvalue weighted by molar-refractivity contribution is 5.80. The summed E-state index contributed by atoms with van der Waals surface area (Å²) in [5.74, 6) is 0.851. The average molecular weight is 267 g/mol. The molecule has 2 N–H and O–H groups in total. The molecule has 2 aromatic heterocycles. The largest absolute Gasteiger partial charge is 0.326 e. The number of fused-ring (bicyclic) bond motifs is 1. The summed E-state index contributed by atoms with van der Waals surface area (Å²) in [5, 5.41) is 0. The van der Waals surface area contributed by atoms with Gasteiger partial charge in [0.2, 0.25) is 0 Å². The number of imidazole rings is 1. The lowest BCUT2D eigenvalue weighted by Crippen LogP contribution is -2.00. The molecule has 0 bridgehead atoms. The van der Waals surface area contributed by atoms with Crippen LogP contribution in [0.25, 0.3) is 22.6 Å². The summed E-state index contributed by atoms with van der Waals surface area (Å²) >= 11 is 0. The van der Waals surface area contributed by atoms with Gasteiger partial charge in [0.05, 0.1) is 22.9 Å². The number of aryl methyl sites for hydroxylation is 2. The first kappa shape index (κ1) is 12.7. The number of nitrogens with zero attached hydrogens (tertiary/aromatic N) is 4. The third-order valence-electron chi connectivity index (χ3n) is 3.37. The van der Waals surface area contributed by atoms with Gasteiger partial charge < -0.3 is 10.3 Å². The molecule has 0 radical (unpaired) electrons. The molecule has 0 fully saturated rings. The molecule has 2 heterocycles. The van der Waals surface area contributed by atoms with Crippen LogP contribution in [0.3, 0.4) is 0 Å². The Morgan fingerprint density at radius 3 is 2.70 bits per heavy atom. The van der Waals surface area contributed by atoms with E-state index in [2.05, 4.69) is 27.5 Å². The highest BCUT2D eigenvalue weighted by Gasteiger charge is 2.13. The van der Waals surface area contributed by atoms with Gasteiger partial charge in [-0.05, 0) is 31.5 Å². The van der Waals surface area contributed by atoms with Gasteiger partial charge in [0.15, 0.2) is 5.82 Å². The van der Waals surface area contributed by atoms with E-state index in [0.29, 0.717) is 6.54 Å². The zero-order valence-electron chi connectivity index (χ0n) is 11.7. The molecule has 3 aromatic rings. The Morgan fingerprint density at radius 1 is 1.20 bits per heavy atom. The van der Waals surface area contributed by atoms with Crippen molar-refractivity contribution in [2.45, 2.75) is 26.9 Å². The van der Waals surface area contributed by atoms with Gasteiger partial charge >= 0.3 is 0 Å². The number of aromatic nitrogens is 4. The lowest BCUT2D eigenvalue weighted by Gasteiger charge is -2.05. The summed E-state index contributed by atoms with van der Waals surface area (Å²) in [6.45, 7) is 5.38. The normalized spacial score (nSPS) is 11.2. The van der Waals surface area contributed by atoms with Crippen LogP contribution in [0.1, 0.15) is 18.2 Å². The molecule has 0 spiro atoms. The van der Waals surface area contributed by atoms with Gasteiger partial charge in [-0.2, -0.15) is 0 Å². The Morgan fingerprint density at radius 2 is 2.05 bits per heavy atom. The monoisotopic (exact) mass is 267 g/mol.